The van der Waals surface area contributed by atoms with Gasteiger partial charge in [-0.3, -0.25) is 9.18 Å². The van der Waals surface area contributed by atoms with E-state index in [0.29, 0.717) is 13.2 Å². The summed E-state index contributed by atoms with van der Waals surface area (Å²) in [5.74, 6) is 0.610. The lowest BCUT2D eigenvalue weighted by Crippen LogP contribution is -2.54. The normalized spacial score (nSPS) is 21.6. The largest absolute Gasteiger partial charge is 0.497 e. The van der Waals surface area contributed by atoms with E-state index in [9.17, 15) is 9.18 Å². The Balaban J connectivity index is 1.28. The lowest BCUT2D eigenvalue weighted by Gasteiger charge is -2.54. The molecule has 5 nitrogen and oxygen atoms in total. The van der Waals surface area contributed by atoms with Gasteiger partial charge in [0.25, 0.3) is 5.91 Å². The number of carbonyl (C=O) groups excluding carboxylic acids is 1. The van der Waals surface area contributed by atoms with Crippen LogP contribution in [-0.4, -0.2) is 37.8 Å². The van der Waals surface area contributed by atoms with Gasteiger partial charge in [-0.05, 0) is 85.7 Å². The monoisotopic (exact) mass is 570 g/mol. The molecule has 0 N–H and O–H groups in total. The van der Waals surface area contributed by atoms with E-state index in [1.165, 1.54) is 5.56 Å². The Bertz CT molecular complexity index is 1570. The fourth-order valence-corrected chi connectivity index (χ4v) is 7.20. The van der Waals surface area contributed by atoms with Crippen molar-refractivity contribution in [2.75, 3.05) is 31.8 Å². The van der Waals surface area contributed by atoms with Gasteiger partial charge in [0.05, 0.1) is 41.2 Å². The molecular formula is C34H35FN2O3S. The van der Waals surface area contributed by atoms with Crippen LogP contribution in [0.3, 0.4) is 0 Å². The number of carbonyl (C=O) groups is 1. The third-order valence-electron chi connectivity index (χ3n) is 8.81. The number of thiazole rings is 1. The van der Waals surface area contributed by atoms with Crippen molar-refractivity contribution in [2.24, 2.45) is 5.41 Å². The highest BCUT2D eigenvalue weighted by Gasteiger charge is 2.51. The van der Waals surface area contributed by atoms with Crippen molar-refractivity contribution in [3.63, 3.8) is 0 Å². The minimum atomic E-state index is -0.606. The summed E-state index contributed by atoms with van der Waals surface area (Å²) in [6.07, 6.45) is 3.70. The number of benzene rings is 3. The van der Waals surface area contributed by atoms with Crippen LogP contribution in [0.5, 0.6) is 5.75 Å². The predicted octanol–water partition coefficient (Wildman–Crippen LogP) is 8.02. The molecule has 2 aliphatic heterocycles. The number of halogens is 1. The zero-order valence-corrected chi connectivity index (χ0v) is 24.4. The number of aromatic nitrogens is 1. The lowest BCUT2D eigenvalue weighted by molar-refractivity contribution is -0.186. The number of alkyl halides is 1. The van der Waals surface area contributed by atoms with Crippen LogP contribution in [0.25, 0.3) is 21.3 Å². The van der Waals surface area contributed by atoms with Crippen LogP contribution in [0.4, 0.5) is 10.1 Å². The average Bonchev–Trinajstić information content (AvgIpc) is 3.40. The smallest absolute Gasteiger partial charge is 0.253 e. The van der Waals surface area contributed by atoms with Crippen molar-refractivity contribution in [3.8, 4) is 16.9 Å². The number of aryl methyl sites for hydroxylation is 1. The molecule has 7 rings (SSSR count). The average molecular weight is 571 g/mol. The molecule has 3 aliphatic rings. The van der Waals surface area contributed by atoms with Crippen LogP contribution in [0.15, 0.2) is 78.9 Å². The number of hydrogen-bond acceptors (Lipinski definition) is 5. The molecular weight excluding hydrogens is 535 g/mol. The van der Waals surface area contributed by atoms with Gasteiger partial charge in [-0.25, -0.2) is 4.98 Å². The Kier molecular flexibility index (Phi) is 7.43. The Morgan fingerprint density at radius 1 is 1.07 bits per heavy atom. The molecule has 4 aromatic rings. The number of rotatable bonds is 9. The number of fused-ring (bicyclic) bond motifs is 4. The molecule has 0 atom stereocenters. The fraction of sp³-hybridized carbons (Fsp3) is 0.353. The molecule has 1 saturated carbocycles. The first-order valence-corrected chi connectivity index (χ1v) is 15.0. The molecule has 1 amide bonds. The molecule has 0 unspecified atom stereocenters. The summed E-state index contributed by atoms with van der Waals surface area (Å²) >= 11 is 1.67. The highest BCUT2D eigenvalue weighted by Crippen LogP contribution is 2.54. The maximum Gasteiger partial charge on any atom is 0.253 e. The molecule has 7 heteroatoms. The van der Waals surface area contributed by atoms with Crippen molar-refractivity contribution in [3.05, 3.63) is 89.5 Å². The molecule has 0 spiro atoms. The second-order valence-electron chi connectivity index (χ2n) is 11.4. The van der Waals surface area contributed by atoms with Crippen molar-refractivity contribution in [2.45, 2.75) is 44.6 Å². The van der Waals surface area contributed by atoms with Gasteiger partial charge in [0, 0.05) is 29.6 Å². The molecule has 3 aromatic carbocycles. The van der Waals surface area contributed by atoms with Gasteiger partial charge in [-0.15, -0.1) is 11.3 Å². The minimum Gasteiger partial charge on any atom is -0.497 e. The van der Waals surface area contributed by atoms with Crippen molar-refractivity contribution in [1.82, 2.24) is 4.98 Å². The number of anilines is 1. The van der Waals surface area contributed by atoms with Gasteiger partial charge < -0.3 is 14.4 Å². The van der Waals surface area contributed by atoms with Crippen LogP contribution in [0, 0.1) is 12.3 Å². The topological polar surface area (TPSA) is 51.7 Å². The molecule has 212 valence electrons. The molecule has 0 radical (unpaired) electrons. The van der Waals surface area contributed by atoms with Crippen LogP contribution in [-0.2, 0) is 15.1 Å². The first kappa shape index (κ1) is 27.6. The van der Waals surface area contributed by atoms with Crippen LogP contribution in [0.2, 0.25) is 0 Å². The summed E-state index contributed by atoms with van der Waals surface area (Å²) < 4.78 is 26.4. The van der Waals surface area contributed by atoms with Gasteiger partial charge in [-0.1, -0.05) is 36.9 Å². The van der Waals surface area contributed by atoms with E-state index in [2.05, 4.69) is 48.0 Å². The zero-order chi connectivity index (χ0) is 28.6. The van der Waals surface area contributed by atoms with Crippen molar-refractivity contribution in [1.29, 1.82) is 0 Å². The van der Waals surface area contributed by atoms with E-state index in [1.54, 1.807) is 18.4 Å². The fourth-order valence-electron chi connectivity index (χ4n) is 6.33. The second-order valence-corrected chi connectivity index (χ2v) is 12.6. The molecule has 3 fully saturated rings. The zero-order valence-electron chi connectivity index (χ0n) is 23.6. The van der Waals surface area contributed by atoms with Gasteiger partial charge in [0.15, 0.2) is 0 Å². The summed E-state index contributed by atoms with van der Waals surface area (Å²) in [6.45, 7) is 6.43. The molecule has 3 heterocycles. The van der Waals surface area contributed by atoms with Crippen LogP contribution < -0.4 is 9.64 Å². The van der Waals surface area contributed by atoms with Crippen molar-refractivity contribution < 1.29 is 18.7 Å². The summed E-state index contributed by atoms with van der Waals surface area (Å²) in [4.78, 5) is 20.1. The van der Waals surface area contributed by atoms with E-state index < -0.39 is 6.67 Å². The number of nitrogens with zero attached hydrogens (tertiary/aromatic N) is 2. The van der Waals surface area contributed by atoms with Gasteiger partial charge in [0.2, 0.25) is 0 Å². The summed E-state index contributed by atoms with van der Waals surface area (Å²) in [5, 5.41) is 1.03. The first-order valence-electron chi connectivity index (χ1n) is 14.2. The third-order valence-corrected chi connectivity index (χ3v) is 9.75. The van der Waals surface area contributed by atoms with E-state index in [0.717, 1.165) is 63.5 Å². The summed E-state index contributed by atoms with van der Waals surface area (Å²) in [6, 6.07) is 22.5. The van der Waals surface area contributed by atoms with Crippen molar-refractivity contribution >= 4 is 33.1 Å². The number of hydrogen-bond donors (Lipinski definition) is 0. The molecule has 2 saturated heterocycles. The highest BCUT2D eigenvalue weighted by atomic mass is 32.1. The highest BCUT2D eigenvalue weighted by molar-refractivity contribution is 7.18. The Morgan fingerprint density at radius 3 is 2.51 bits per heavy atom. The first-order chi connectivity index (χ1) is 19.8. The lowest BCUT2D eigenvalue weighted by atomic mass is 9.64. The second kappa shape index (κ2) is 11.0. The van der Waals surface area contributed by atoms with Gasteiger partial charge in [0.1, 0.15) is 5.75 Å². The standard InChI is InChI=1S/C34H35FN2O3S/c1-23(13-18-35)32(38)37(28-6-4-5-25(19-28)26-7-12-30-31(20-26)41-24(2)36-30)21-33-14-16-34(17-15-33,40-22-33)27-8-10-29(39-3)11-9-27/h4-12,19-20H,1,13-18,21-22H2,2-3H3. The third kappa shape index (κ3) is 5.29. The number of methoxy groups -OCH3 is 1. The maximum atomic E-state index is 13.7. The predicted molar refractivity (Wildman–Crippen MR) is 163 cm³/mol. The van der Waals surface area contributed by atoms with Gasteiger partial charge >= 0.3 is 0 Å². The number of ether oxygens (including phenoxy) is 2. The van der Waals surface area contributed by atoms with E-state index in [-0.39, 0.29) is 28.9 Å². The molecule has 41 heavy (non-hydrogen) atoms. The Labute approximate surface area is 244 Å². The van der Waals surface area contributed by atoms with Gasteiger partial charge in [-0.2, -0.15) is 0 Å². The van der Waals surface area contributed by atoms with E-state index >= 15 is 0 Å². The molecule has 2 bridgehead atoms. The molecule has 1 aromatic heterocycles. The SMILES string of the molecule is C=C(CCF)C(=O)N(CC12CCC(c3ccc(OC)cc3)(CC1)OC2)c1cccc(-c2ccc3nc(C)sc3c2)c1. The maximum absolute atomic E-state index is 13.7. The number of amides is 1. The molecule has 1 aliphatic carbocycles. The minimum absolute atomic E-state index is 0.0283. The van der Waals surface area contributed by atoms with E-state index in [1.807, 2.05) is 42.2 Å². The summed E-state index contributed by atoms with van der Waals surface area (Å²) in [5.41, 5.74) is 4.87. The van der Waals surface area contributed by atoms with E-state index in [4.69, 9.17) is 9.47 Å². The quantitative estimate of drug-likeness (QED) is 0.191. The summed E-state index contributed by atoms with van der Waals surface area (Å²) in [7, 11) is 1.67. The Morgan fingerprint density at radius 2 is 1.83 bits per heavy atom. The van der Waals surface area contributed by atoms with Crippen LogP contribution >= 0.6 is 11.3 Å². The Hall–Kier alpha value is -3.55. The van der Waals surface area contributed by atoms with Crippen LogP contribution in [0.1, 0.15) is 42.7 Å².